The van der Waals surface area contributed by atoms with Crippen LogP contribution in [0.2, 0.25) is 0 Å². The number of carbonyl (C=O) groups is 2. The minimum absolute atomic E-state index is 0.00335. The van der Waals surface area contributed by atoms with Gasteiger partial charge in [0, 0.05) is 23.5 Å². The molecule has 0 bridgehead atoms. The van der Waals surface area contributed by atoms with Gasteiger partial charge in [0.15, 0.2) is 6.10 Å². The lowest BCUT2D eigenvalue weighted by molar-refractivity contribution is -0.134. The van der Waals surface area contributed by atoms with E-state index in [0.717, 1.165) is 47.1 Å². The second kappa shape index (κ2) is 7.78. The largest absolute Gasteiger partial charge is 0.479 e. The number of aromatic nitrogens is 1. The Morgan fingerprint density at radius 1 is 1.24 bits per heavy atom. The maximum absolute atomic E-state index is 12.9. The number of anilines is 1. The van der Waals surface area contributed by atoms with Crippen molar-refractivity contribution in [2.75, 3.05) is 24.5 Å². The van der Waals surface area contributed by atoms with E-state index in [1.807, 2.05) is 36.9 Å². The van der Waals surface area contributed by atoms with Gasteiger partial charge in [-0.2, -0.15) is 0 Å². The van der Waals surface area contributed by atoms with Crippen molar-refractivity contribution in [3.05, 3.63) is 28.1 Å². The van der Waals surface area contributed by atoms with Gasteiger partial charge >= 0.3 is 0 Å². The molecule has 4 rings (SSSR count). The molecule has 1 saturated heterocycles. The zero-order valence-corrected chi connectivity index (χ0v) is 18.2. The highest BCUT2D eigenvalue weighted by Gasteiger charge is 2.34. The minimum atomic E-state index is -0.606. The molecule has 154 valence electrons. The predicted octanol–water partition coefficient (Wildman–Crippen LogP) is 3.80. The summed E-state index contributed by atoms with van der Waals surface area (Å²) in [4.78, 5) is 35.0. The zero-order valence-electron chi connectivity index (χ0n) is 17.4. The Morgan fingerprint density at radius 3 is 2.62 bits per heavy atom. The van der Waals surface area contributed by atoms with Crippen LogP contribution in [0.25, 0.3) is 11.3 Å². The summed E-state index contributed by atoms with van der Waals surface area (Å²) in [6, 6.07) is 5.77. The number of amides is 2. The van der Waals surface area contributed by atoms with Gasteiger partial charge in [-0.05, 0) is 57.7 Å². The average molecular weight is 414 g/mol. The number of likely N-dealkylation sites (tertiary alicyclic amines) is 1. The topological polar surface area (TPSA) is 62.7 Å². The van der Waals surface area contributed by atoms with Gasteiger partial charge in [0.25, 0.3) is 5.91 Å². The fourth-order valence-corrected chi connectivity index (χ4v) is 4.85. The molecule has 3 heterocycles. The molecule has 1 unspecified atom stereocenters. The van der Waals surface area contributed by atoms with E-state index in [1.54, 1.807) is 23.2 Å². The molecule has 1 fully saturated rings. The molecule has 1 atom stereocenters. The van der Waals surface area contributed by atoms with Crippen LogP contribution >= 0.6 is 11.3 Å². The van der Waals surface area contributed by atoms with Gasteiger partial charge in [-0.15, -0.1) is 11.3 Å². The number of benzene rings is 1. The number of ether oxygens (including phenoxy) is 1. The molecule has 0 saturated carbocycles. The molecule has 2 aliphatic heterocycles. The van der Waals surface area contributed by atoms with E-state index in [4.69, 9.17) is 4.74 Å². The maximum Gasteiger partial charge on any atom is 0.268 e. The monoisotopic (exact) mass is 413 g/mol. The first-order valence-electron chi connectivity index (χ1n) is 10.2. The van der Waals surface area contributed by atoms with E-state index in [0.29, 0.717) is 17.4 Å². The van der Waals surface area contributed by atoms with E-state index in [1.165, 1.54) is 0 Å². The van der Waals surface area contributed by atoms with E-state index < -0.39 is 6.10 Å². The van der Waals surface area contributed by atoms with Crippen molar-refractivity contribution < 1.29 is 14.3 Å². The minimum Gasteiger partial charge on any atom is -0.479 e. The third-order valence-electron chi connectivity index (χ3n) is 5.77. The third-order valence-corrected chi connectivity index (χ3v) is 6.66. The summed E-state index contributed by atoms with van der Waals surface area (Å²) in [6.45, 7) is 9.55. The summed E-state index contributed by atoms with van der Waals surface area (Å²) in [5.41, 5.74) is 2.49. The molecule has 7 heteroatoms. The summed E-state index contributed by atoms with van der Waals surface area (Å²) in [5, 5.41) is 1.00. The molecule has 0 N–H and O–H groups in total. The van der Waals surface area contributed by atoms with Gasteiger partial charge in [0.05, 0.1) is 16.4 Å². The fraction of sp³-hybridized carbons (Fsp3) is 0.500. The quantitative estimate of drug-likeness (QED) is 0.768. The molecule has 2 aliphatic rings. The number of fused-ring (bicyclic) bond motifs is 1. The number of carbonyl (C=O) groups excluding carboxylic acids is 2. The summed E-state index contributed by atoms with van der Waals surface area (Å²) >= 11 is 1.65. The van der Waals surface area contributed by atoms with Crippen LogP contribution in [0.1, 0.15) is 36.6 Å². The number of rotatable bonds is 3. The lowest BCUT2D eigenvalue weighted by Gasteiger charge is -2.36. The van der Waals surface area contributed by atoms with Crippen molar-refractivity contribution in [3.8, 4) is 17.0 Å². The second-order valence-corrected chi connectivity index (χ2v) is 9.48. The molecule has 1 aromatic carbocycles. The van der Waals surface area contributed by atoms with Crippen molar-refractivity contribution in [1.82, 2.24) is 9.88 Å². The molecular formula is C22H27N3O3S. The maximum atomic E-state index is 12.9. The van der Waals surface area contributed by atoms with Crippen molar-refractivity contribution in [2.24, 2.45) is 5.92 Å². The van der Waals surface area contributed by atoms with E-state index in [-0.39, 0.29) is 18.4 Å². The number of piperidine rings is 1. The smallest absolute Gasteiger partial charge is 0.268 e. The van der Waals surface area contributed by atoms with Gasteiger partial charge in [0.2, 0.25) is 5.91 Å². The van der Waals surface area contributed by atoms with E-state index >= 15 is 0 Å². The Kier molecular flexibility index (Phi) is 5.34. The zero-order chi connectivity index (χ0) is 20.7. The number of hydrogen-bond donors (Lipinski definition) is 0. The Labute approximate surface area is 175 Å². The van der Waals surface area contributed by atoms with Crippen molar-refractivity contribution in [3.63, 3.8) is 0 Å². The summed E-state index contributed by atoms with van der Waals surface area (Å²) in [6.07, 6.45) is 1.43. The molecule has 0 aliphatic carbocycles. The lowest BCUT2D eigenvalue weighted by atomic mass is 9.99. The molecule has 1 aromatic heterocycles. The Morgan fingerprint density at radius 2 is 1.97 bits per heavy atom. The Balaban J connectivity index is 1.64. The Bertz CT molecular complexity index is 947. The van der Waals surface area contributed by atoms with Crippen molar-refractivity contribution >= 4 is 28.8 Å². The van der Waals surface area contributed by atoms with Crippen molar-refractivity contribution in [1.29, 1.82) is 0 Å². The number of thiazole rings is 1. The molecule has 29 heavy (non-hydrogen) atoms. The highest BCUT2D eigenvalue weighted by Crippen LogP contribution is 2.38. The van der Waals surface area contributed by atoms with Crippen molar-refractivity contribution in [2.45, 2.75) is 46.6 Å². The molecule has 2 aromatic rings. The van der Waals surface area contributed by atoms with Gasteiger partial charge < -0.3 is 9.64 Å². The van der Waals surface area contributed by atoms with Crippen LogP contribution in [0.3, 0.4) is 0 Å². The number of hydrogen-bond acceptors (Lipinski definition) is 5. The van der Waals surface area contributed by atoms with Crippen LogP contribution in [0.4, 0.5) is 5.69 Å². The summed E-state index contributed by atoms with van der Waals surface area (Å²) in [5.74, 6) is 1.10. The molecular weight excluding hydrogens is 386 g/mol. The van der Waals surface area contributed by atoms with E-state index in [9.17, 15) is 9.59 Å². The molecule has 2 amide bonds. The molecule has 0 radical (unpaired) electrons. The Hall–Kier alpha value is -2.41. The average Bonchev–Trinajstić information content (AvgIpc) is 3.03. The highest BCUT2D eigenvalue weighted by molar-refractivity contribution is 7.11. The number of nitrogens with zero attached hydrogens (tertiary/aromatic N) is 3. The SMILES string of the molecule is Cc1nc(-c2ccc3c(c2)N(CC(=O)N2CCC(C)CC2)C(=O)C(C)O3)c(C)s1. The fourth-order valence-electron chi connectivity index (χ4n) is 4.01. The van der Waals surface area contributed by atoms with Gasteiger partial charge in [-0.1, -0.05) is 6.92 Å². The first-order valence-corrected chi connectivity index (χ1v) is 11.0. The summed E-state index contributed by atoms with van der Waals surface area (Å²) < 4.78 is 5.81. The summed E-state index contributed by atoms with van der Waals surface area (Å²) in [7, 11) is 0. The standard InChI is InChI=1S/C22H27N3O3S/c1-13-7-9-24(10-8-13)20(26)12-25-18-11-17(21-15(3)29-16(4)23-21)5-6-19(18)28-14(2)22(25)27/h5-6,11,13-14H,7-10,12H2,1-4H3. The van der Waals surface area contributed by atoms with E-state index in [2.05, 4.69) is 11.9 Å². The van der Waals surface area contributed by atoms with Crippen LogP contribution in [0, 0.1) is 19.8 Å². The molecule has 6 nitrogen and oxygen atoms in total. The first-order chi connectivity index (χ1) is 13.8. The van der Waals surface area contributed by atoms with Crippen LogP contribution in [0.15, 0.2) is 18.2 Å². The second-order valence-electron chi connectivity index (χ2n) is 8.07. The van der Waals surface area contributed by atoms with Gasteiger partial charge in [-0.3, -0.25) is 14.5 Å². The van der Waals surface area contributed by atoms with Gasteiger partial charge in [-0.25, -0.2) is 4.98 Å². The molecule has 0 spiro atoms. The normalized spacial score (nSPS) is 19.9. The third kappa shape index (κ3) is 3.88. The predicted molar refractivity (Wildman–Crippen MR) is 114 cm³/mol. The highest BCUT2D eigenvalue weighted by atomic mass is 32.1. The van der Waals surface area contributed by atoms with Crippen LogP contribution in [-0.2, 0) is 9.59 Å². The van der Waals surface area contributed by atoms with Crippen LogP contribution in [0.5, 0.6) is 5.75 Å². The van der Waals surface area contributed by atoms with Crippen LogP contribution in [-0.4, -0.2) is 47.4 Å². The first kappa shape index (κ1) is 19.9. The van der Waals surface area contributed by atoms with Gasteiger partial charge in [0.1, 0.15) is 12.3 Å². The lowest BCUT2D eigenvalue weighted by Crippen LogP contribution is -2.50. The number of aryl methyl sites for hydroxylation is 2. The van der Waals surface area contributed by atoms with Crippen LogP contribution < -0.4 is 9.64 Å².